The Bertz CT molecular complexity index is 613. The number of likely N-dealkylation sites (tertiary alicyclic amines) is 1. The number of methoxy groups -OCH3 is 1. The zero-order valence-corrected chi connectivity index (χ0v) is 14.4. The van der Waals surface area contributed by atoms with Crippen molar-refractivity contribution in [3.8, 4) is 5.75 Å². The molecular weight excluding hydrogens is 306 g/mol. The Hall–Kier alpha value is -2.08. The first-order chi connectivity index (χ1) is 11.6. The molecular formula is C18H25N3O3. The quantitative estimate of drug-likeness (QED) is 0.836. The second kappa shape index (κ2) is 7.21. The number of rotatable bonds is 4. The maximum absolute atomic E-state index is 12.6. The summed E-state index contributed by atoms with van der Waals surface area (Å²) in [6.45, 7) is 5.17. The predicted molar refractivity (Wildman–Crippen MR) is 92.2 cm³/mol. The fourth-order valence-electron chi connectivity index (χ4n) is 3.43. The average molecular weight is 331 g/mol. The highest BCUT2D eigenvalue weighted by Gasteiger charge is 2.33. The van der Waals surface area contributed by atoms with Crippen LogP contribution < -0.4 is 9.64 Å². The largest absolute Gasteiger partial charge is 0.497 e. The molecule has 6 nitrogen and oxygen atoms in total. The zero-order valence-electron chi connectivity index (χ0n) is 14.4. The van der Waals surface area contributed by atoms with Crippen LogP contribution in [-0.4, -0.2) is 67.5 Å². The second-order valence-electron chi connectivity index (χ2n) is 6.43. The Balaban J connectivity index is 1.64. The highest BCUT2D eigenvalue weighted by molar-refractivity contribution is 5.96. The molecule has 2 fully saturated rings. The van der Waals surface area contributed by atoms with E-state index in [9.17, 15) is 9.59 Å². The third-order valence-electron chi connectivity index (χ3n) is 4.94. The summed E-state index contributed by atoms with van der Waals surface area (Å²) >= 11 is 0. The topological polar surface area (TPSA) is 53.1 Å². The normalized spacial score (nSPS) is 20.3. The highest BCUT2D eigenvalue weighted by Crippen LogP contribution is 2.23. The number of carbonyl (C=O) groups is 2. The molecule has 2 aliphatic rings. The summed E-state index contributed by atoms with van der Waals surface area (Å²) in [7, 11) is 1.62. The van der Waals surface area contributed by atoms with E-state index in [1.807, 2.05) is 41.0 Å². The lowest BCUT2D eigenvalue weighted by Crippen LogP contribution is -2.56. The van der Waals surface area contributed by atoms with Gasteiger partial charge in [-0.3, -0.25) is 14.5 Å². The standard InChI is InChI=1S/C18H25N3O3/c1-14(18(23)19-8-3-4-9-19)20-10-11-21(17(22)13-20)15-6-5-7-16(12-15)24-2/h5-7,12,14H,3-4,8-11,13H2,1-2H3/t14-/m1/s1. The molecule has 1 aromatic rings. The van der Waals surface area contributed by atoms with Crippen LogP contribution in [-0.2, 0) is 9.59 Å². The van der Waals surface area contributed by atoms with Gasteiger partial charge in [0.05, 0.1) is 19.7 Å². The van der Waals surface area contributed by atoms with Gasteiger partial charge in [0.15, 0.2) is 0 Å². The van der Waals surface area contributed by atoms with E-state index in [4.69, 9.17) is 4.74 Å². The predicted octanol–water partition coefficient (Wildman–Crippen LogP) is 1.35. The van der Waals surface area contributed by atoms with Gasteiger partial charge in [-0.25, -0.2) is 0 Å². The number of piperazine rings is 1. The average Bonchev–Trinajstić information content (AvgIpc) is 3.15. The summed E-state index contributed by atoms with van der Waals surface area (Å²) in [5, 5.41) is 0. The smallest absolute Gasteiger partial charge is 0.241 e. The van der Waals surface area contributed by atoms with Gasteiger partial charge in [0, 0.05) is 37.9 Å². The van der Waals surface area contributed by atoms with E-state index >= 15 is 0 Å². The Labute approximate surface area is 143 Å². The first kappa shape index (κ1) is 16.8. The highest BCUT2D eigenvalue weighted by atomic mass is 16.5. The number of nitrogens with zero attached hydrogens (tertiary/aromatic N) is 3. The zero-order chi connectivity index (χ0) is 17.1. The molecule has 2 amide bonds. The van der Waals surface area contributed by atoms with Crippen LogP contribution in [0.2, 0.25) is 0 Å². The van der Waals surface area contributed by atoms with Crippen LogP contribution in [0.1, 0.15) is 19.8 Å². The van der Waals surface area contributed by atoms with Crippen LogP contribution in [0.5, 0.6) is 5.75 Å². The van der Waals surface area contributed by atoms with Crippen LogP contribution in [0.3, 0.4) is 0 Å². The summed E-state index contributed by atoms with van der Waals surface area (Å²) in [5.74, 6) is 0.908. The minimum atomic E-state index is -0.237. The van der Waals surface area contributed by atoms with E-state index in [1.165, 1.54) is 0 Å². The molecule has 0 radical (unpaired) electrons. The molecule has 1 aromatic carbocycles. The molecule has 2 heterocycles. The van der Waals surface area contributed by atoms with E-state index in [1.54, 1.807) is 12.0 Å². The molecule has 0 unspecified atom stereocenters. The fourth-order valence-corrected chi connectivity index (χ4v) is 3.43. The van der Waals surface area contributed by atoms with Gasteiger partial charge in [0.25, 0.3) is 0 Å². The number of anilines is 1. The van der Waals surface area contributed by atoms with E-state index in [0.29, 0.717) is 13.1 Å². The summed E-state index contributed by atoms with van der Waals surface area (Å²) in [5.41, 5.74) is 0.845. The van der Waals surface area contributed by atoms with E-state index in [0.717, 1.165) is 37.4 Å². The summed E-state index contributed by atoms with van der Waals surface area (Å²) < 4.78 is 5.23. The van der Waals surface area contributed by atoms with Gasteiger partial charge in [0.2, 0.25) is 11.8 Å². The second-order valence-corrected chi connectivity index (χ2v) is 6.43. The molecule has 0 aliphatic carbocycles. The van der Waals surface area contributed by atoms with Gasteiger partial charge in [-0.1, -0.05) is 6.07 Å². The van der Waals surface area contributed by atoms with Crippen LogP contribution in [0, 0.1) is 0 Å². The Morgan fingerprint density at radius 2 is 1.92 bits per heavy atom. The number of hydrogen-bond donors (Lipinski definition) is 0. The molecule has 1 atom stereocenters. The number of amides is 2. The van der Waals surface area contributed by atoms with Crippen molar-refractivity contribution in [2.75, 3.05) is 44.7 Å². The molecule has 3 rings (SSSR count). The SMILES string of the molecule is COc1cccc(N2CCN([C@H](C)C(=O)N3CCCC3)CC2=O)c1. The number of carbonyl (C=O) groups excluding carboxylic acids is 2. The lowest BCUT2D eigenvalue weighted by Gasteiger charge is -2.38. The number of ether oxygens (including phenoxy) is 1. The summed E-state index contributed by atoms with van der Waals surface area (Å²) in [6.07, 6.45) is 2.17. The maximum atomic E-state index is 12.6. The van der Waals surface area contributed by atoms with Crippen LogP contribution >= 0.6 is 0 Å². The van der Waals surface area contributed by atoms with Crippen molar-refractivity contribution in [3.63, 3.8) is 0 Å². The molecule has 0 N–H and O–H groups in total. The van der Waals surface area contributed by atoms with E-state index < -0.39 is 0 Å². The molecule has 2 aliphatic heterocycles. The van der Waals surface area contributed by atoms with Crippen LogP contribution in [0.15, 0.2) is 24.3 Å². The van der Waals surface area contributed by atoms with Crippen LogP contribution in [0.4, 0.5) is 5.69 Å². The third-order valence-corrected chi connectivity index (χ3v) is 4.94. The molecule has 0 aromatic heterocycles. The summed E-state index contributed by atoms with van der Waals surface area (Å²) in [6, 6.07) is 7.29. The van der Waals surface area contributed by atoms with Crippen molar-refractivity contribution >= 4 is 17.5 Å². The van der Waals surface area contributed by atoms with Crippen molar-refractivity contribution in [1.82, 2.24) is 9.80 Å². The summed E-state index contributed by atoms with van der Waals surface area (Å²) in [4.78, 5) is 30.8. The molecule has 2 saturated heterocycles. The monoisotopic (exact) mass is 331 g/mol. The van der Waals surface area contributed by atoms with Gasteiger partial charge >= 0.3 is 0 Å². The number of hydrogen-bond acceptors (Lipinski definition) is 4. The van der Waals surface area contributed by atoms with Gasteiger partial charge in [-0.05, 0) is 31.9 Å². The minimum absolute atomic E-state index is 0.0237. The Morgan fingerprint density at radius 3 is 2.58 bits per heavy atom. The Kier molecular flexibility index (Phi) is 5.04. The number of benzene rings is 1. The van der Waals surface area contributed by atoms with Crippen molar-refractivity contribution in [2.45, 2.75) is 25.8 Å². The first-order valence-corrected chi connectivity index (χ1v) is 8.57. The van der Waals surface area contributed by atoms with Gasteiger partial charge in [0.1, 0.15) is 5.75 Å². The van der Waals surface area contributed by atoms with Crippen molar-refractivity contribution in [3.05, 3.63) is 24.3 Å². The maximum Gasteiger partial charge on any atom is 0.241 e. The molecule has 6 heteroatoms. The van der Waals surface area contributed by atoms with Gasteiger partial charge in [-0.2, -0.15) is 0 Å². The Morgan fingerprint density at radius 1 is 1.17 bits per heavy atom. The first-order valence-electron chi connectivity index (χ1n) is 8.57. The molecule has 0 bridgehead atoms. The van der Waals surface area contributed by atoms with Crippen molar-refractivity contribution in [1.29, 1.82) is 0 Å². The molecule has 0 saturated carbocycles. The van der Waals surface area contributed by atoms with E-state index in [2.05, 4.69) is 0 Å². The van der Waals surface area contributed by atoms with Gasteiger partial charge < -0.3 is 14.5 Å². The molecule has 130 valence electrons. The fraction of sp³-hybridized carbons (Fsp3) is 0.556. The lowest BCUT2D eigenvalue weighted by molar-refractivity contribution is -0.136. The third kappa shape index (κ3) is 3.38. The van der Waals surface area contributed by atoms with Gasteiger partial charge in [-0.15, -0.1) is 0 Å². The van der Waals surface area contributed by atoms with Crippen molar-refractivity contribution in [2.24, 2.45) is 0 Å². The van der Waals surface area contributed by atoms with Crippen molar-refractivity contribution < 1.29 is 14.3 Å². The molecule has 24 heavy (non-hydrogen) atoms. The van der Waals surface area contributed by atoms with E-state index in [-0.39, 0.29) is 24.4 Å². The lowest BCUT2D eigenvalue weighted by atomic mass is 10.1. The molecule has 0 spiro atoms. The minimum Gasteiger partial charge on any atom is -0.497 e. The van der Waals surface area contributed by atoms with Crippen LogP contribution in [0.25, 0.3) is 0 Å².